The lowest BCUT2D eigenvalue weighted by Crippen LogP contribution is -2.33. The summed E-state index contributed by atoms with van der Waals surface area (Å²) >= 11 is 12.3. The molecule has 27 heavy (non-hydrogen) atoms. The van der Waals surface area contributed by atoms with Crippen LogP contribution in [-0.2, 0) is 16.2 Å². The maximum atomic E-state index is 12.3. The molecule has 8 heteroatoms. The van der Waals surface area contributed by atoms with Crippen molar-refractivity contribution in [1.82, 2.24) is 4.90 Å². The number of carbonyl (C=O) groups excluding carboxylic acids is 1. The van der Waals surface area contributed by atoms with E-state index in [9.17, 15) is 9.59 Å². The van der Waals surface area contributed by atoms with E-state index in [1.807, 2.05) is 36.4 Å². The molecule has 1 aliphatic rings. The van der Waals surface area contributed by atoms with Crippen LogP contribution in [0.15, 0.2) is 53.4 Å². The van der Waals surface area contributed by atoms with Gasteiger partial charge in [0.25, 0.3) is 5.91 Å². The number of carboxylic acid groups (broad SMARTS) is 1. The van der Waals surface area contributed by atoms with Gasteiger partial charge in [-0.1, -0.05) is 65.9 Å². The van der Waals surface area contributed by atoms with Crippen molar-refractivity contribution in [2.45, 2.75) is 6.61 Å². The summed E-state index contributed by atoms with van der Waals surface area (Å²) in [5.74, 6) is -0.829. The summed E-state index contributed by atoms with van der Waals surface area (Å²) in [4.78, 5) is 24.6. The number of aliphatic carboxylic acids is 1. The molecule has 0 aromatic heterocycles. The summed E-state index contributed by atoms with van der Waals surface area (Å²) in [5.41, 5.74) is 1.68. The molecule has 2 aromatic carbocycles. The molecule has 1 N–H and O–H groups in total. The van der Waals surface area contributed by atoms with Crippen molar-refractivity contribution in [2.75, 3.05) is 6.54 Å². The van der Waals surface area contributed by atoms with Gasteiger partial charge in [-0.15, -0.1) is 0 Å². The molecule has 1 amide bonds. The number of halogens is 1. The summed E-state index contributed by atoms with van der Waals surface area (Å²) < 4.78 is 5.97. The Labute approximate surface area is 170 Å². The lowest BCUT2D eigenvalue weighted by atomic mass is 10.2. The van der Waals surface area contributed by atoms with E-state index in [2.05, 4.69) is 0 Å². The van der Waals surface area contributed by atoms with Crippen LogP contribution in [0.2, 0.25) is 5.02 Å². The van der Waals surface area contributed by atoms with Gasteiger partial charge in [0.1, 0.15) is 23.2 Å². The molecule has 0 atom stereocenters. The molecule has 1 saturated heterocycles. The zero-order valence-electron chi connectivity index (χ0n) is 13.9. The maximum Gasteiger partial charge on any atom is 0.323 e. The number of carbonyl (C=O) groups is 2. The number of benzene rings is 2. The van der Waals surface area contributed by atoms with Gasteiger partial charge in [0.15, 0.2) is 0 Å². The lowest BCUT2D eigenvalue weighted by molar-refractivity contribution is -0.140. The van der Waals surface area contributed by atoms with Crippen molar-refractivity contribution < 1.29 is 19.4 Å². The van der Waals surface area contributed by atoms with Crippen LogP contribution in [0, 0.1) is 0 Å². The number of nitrogens with zero attached hydrogens (tertiary/aromatic N) is 1. The lowest BCUT2D eigenvalue weighted by Gasteiger charge is -2.10. The van der Waals surface area contributed by atoms with Crippen LogP contribution in [0.5, 0.6) is 5.75 Å². The second kappa shape index (κ2) is 8.56. The first-order chi connectivity index (χ1) is 12.9. The van der Waals surface area contributed by atoms with Crippen LogP contribution in [-0.4, -0.2) is 32.7 Å². The molecule has 0 bridgehead atoms. The SMILES string of the molecule is O=C(O)CN1C(=O)/C(=C\c2ccc(OCc3ccccc3Cl)cc2)SC1=S. The summed E-state index contributed by atoms with van der Waals surface area (Å²) in [5, 5.41) is 9.51. The number of carboxylic acids is 1. The van der Waals surface area contributed by atoms with Gasteiger partial charge in [-0.05, 0) is 29.8 Å². The van der Waals surface area contributed by atoms with Gasteiger partial charge in [-0.25, -0.2) is 0 Å². The van der Waals surface area contributed by atoms with Gasteiger partial charge in [0.2, 0.25) is 0 Å². The Bertz CT molecular complexity index is 928. The minimum atomic E-state index is -1.10. The fourth-order valence-corrected chi connectivity index (χ4v) is 3.81. The van der Waals surface area contributed by atoms with E-state index in [1.165, 1.54) is 0 Å². The third kappa shape index (κ3) is 4.88. The van der Waals surface area contributed by atoms with Crippen LogP contribution in [0.3, 0.4) is 0 Å². The number of thioether (sulfide) groups is 1. The van der Waals surface area contributed by atoms with E-state index in [0.29, 0.717) is 22.3 Å². The van der Waals surface area contributed by atoms with Gasteiger partial charge in [-0.2, -0.15) is 0 Å². The Morgan fingerprint density at radius 3 is 2.59 bits per heavy atom. The number of amides is 1. The normalized spacial score (nSPS) is 15.4. The van der Waals surface area contributed by atoms with E-state index in [4.69, 9.17) is 33.7 Å². The summed E-state index contributed by atoms with van der Waals surface area (Å²) in [7, 11) is 0. The molecule has 0 aliphatic carbocycles. The fraction of sp³-hybridized carbons (Fsp3) is 0.105. The highest BCUT2D eigenvalue weighted by atomic mass is 35.5. The first-order valence-corrected chi connectivity index (χ1v) is 9.48. The van der Waals surface area contributed by atoms with E-state index in [-0.39, 0.29) is 4.32 Å². The number of hydrogen-bond acceptors (Lipinski definition) is 5. The van der Waals surface area contributed by atoms with Gasteiger partial charge in [0, 0.05) is 10.6 Å². The number of rotatable bonds is 6. The monoisotopic (exact) mass is 419 g/mol. The minimum absolute atomic E-state index is 0.244. The second-order valence-corrected chi connectivity index (χ2v) is 7.69. The molecular weight excluding hydrogens is 406 g/mol. The molecule has 1 aliphatic heterocycles. The van der Waals surface area contributed by atoms with E-state index < -0.39 is 18.4 Å². The highest BCUT2D eigenvalue weighted by Crippen LogP contribution is 2.32. The molecule has 0 spiro atoms. The molecular formula is C19H14ClNO4S2. The molecule has 1 heterocycles. The first kappa shape index (κ1) is 19.4. The summed E-state index contributed by atoms with van der Waals surface area (Å²) in [6.07, 6.45) is 1.68. The van der Waals surface area contributed by atoms with Crippen LogP contribution < -0.4 is 4.74 Å². The highest BCUT2D eigenvalue weighted by molar-refractivity contribution is 8.26. The molecule has 1 fully saturated rings. The van der Waals surface area contributed by atoms with Crippen LogP contribution in [0.1, 0.15) is 11.1 Å². The van der Waals surface area contributed by atoms with Gasteiger partial charge >= 0.3 is 5.97 Å². The standard InChI is InChI=1S/C19H14ClNO4S2/c20-15-4-2-1-3-13(15)11-25-14-7-5-12(6-8-14)9-16-18(24)21(10-17(22)23)19(26)27-16/h1-9H,10-11H2,(H,22,23)/b16-9+. The molecule has 0 radical (unpaired) electrons. The Hall–Kier alpha value is -2.35. The smallest absolute Gasteiger partial charge is 0.323 e. The minimum Gasteiger partial charge on any atom is -0.489 e. The van der Waals surface area contributed by atoms with Crippen molar-refractivity contribution in [3.63, 3.8) is 0 Å². The van der Waals surface area contributed by atoms with Crippen molar-refractivity contribution in [3.8, 4) is 5.75 Å². The Morgan fingerprint density at radius 1 is 1.22 bits per heavy atom. The largest absolute Gasteiger partial charge is 0.489 e. The molecule has 138 valence electrons. The van der Waals surface area contributed by atoms with Crippen molar-refractivity contribution >= 4 is 57.9 Å². The number of ether oxygens (including phenoxy) is 1. The Morgan fingerprint density at radius 2 is 1.93 bits per heavy atom. The van der Waals surface area contributed by atoms with Crippen molar-refractivity contribution in [2.24, 2.45) is 0 Å². The van der Waals surface area contributed by atoms with Crippen LogP contribution in [0.4, 0.5) is 0 Å². The van der Waals surface area contributed by atoms with Crippen molar-refractivity contribution in [3.05, 3.63) is 69.6 Å². The van der Waals surface area contributed by atoms with Gasteiger partial charge in [0.05, 0.1) is 4.91 Å². The molecule has 5 nitrogen and oxygen atoms in total. The van der Waals surface area contributed by atoms with Crippen LogP contribution in [0.25, 0.3) is 6.08 Å². The zero-order valence-corrected chi connectivity index (χ0v) is 16.3. The Balaban J connectivity index is 1.66. The summed E-state index contributed by atoms with van der Waals surface area (Å²) in [6, 6.07) is 14.7. The average Bonchev–Trinajstić information content (AvgIpc) is 2.89. The van der Waals surface area contributed by atoms with E-state index in [1.54, 1.807) is 18.2 Å². The molecule has 2 aromatic rings. The zero-order chi connectivity index (χ0) is 19.4. The average molecular weight is 420 g/mol. The summed E-state index contributed by atoms with van der Waals surface area (Å²) in [6.45, 7) is -0.0797. The Kier molecular flexibility index (Phi) is 6.15. The van der Waals surface area contributed by atoms with Crippen molar-refractivity contribution in [1.29, 1.82) is 0 Å². The maximum absolute atomic E-state index is 12.3. The van der Waals surface area contributed by atoms with Gasteiger partial charge < -0.3 is 9.84 Å². The molecule has 3 rings (SSSR count). The predicted molar refractivity (Wildman–Crippen MR) is 110 cm³/mol. The number of thiocarbonyl (C=S) groups is 1. The molecule has 0 unspecified atom stereocenters. The second-order valence-electron chi connectivity index (χ2n) is 5.61. The third-order valence-corrected chi connectivity index (χ3v) is 5.44. The predicted octanol–water partition coefficient (Wildman–Crippen LogP) is 4.20. The quantitative estimate of drug-likeness (QED) is 0.559. The highest BCUT2D eigenvalue weighted by Gasteiger charge is 2.33. The third-order valence-electron chi connectivity index (χ3n) is 3.70. The van der Waals surface area contributed by atoms with E-state index >= 15 is 0 Å². The van der Waals surface area contributed by atoms with E-state index in [0.717, 1.165) is 27.8 Å². The fourth-order valence-electron chi connectivity index (χ4n) is 2.36. The van der Waals surface area contributed by atoms with Gasteiger partial charge in [-0.3, -0.25) is 14.5 Å². The first-order valence-electron chi connectivity index (χ1n) is 7.87. The topological polar surface area (TPSA) is 66.8 Å². The number of hydrogen-bond donors (Lipinski definition) is 1. The van der Waals surface area contributed by atoms with Crippen LogP contribution >= 0.6 is 35.6 Å². The molecule has 0 saturated carbocycles.